The van der Waals surface area contributed by atoms with Crippen molar-refractivity contribution in [2.45, 2.75) is 44.0 Å². The Morgan fingerprint density at radius 3 is 2.91 bits per heavy atom. The van der Waals surface area contributed by atoms with E-state index >= 15 is 0 Å². The van der Waals surface area contributed by atoms with Crippen molar-refractivity contribution in [3.05, 3.63) is 46.8 Å². The number of fused-ring (bicyclic) bond motifs is 1. The Hall–Kier alpha value is -1.75. The number of carbonyl (C=O) groups is 1. The van der Waals surface area contributed by atoms with Gasteiger partial charge in [0.05, 0.1) is 11.7 Å². The Balaban J connectivity index is 1.62. The number of nitrogens with one attached hydrogen (secondary N) is 1. The van der Waals surface area contributed by atoms with Gasteiger partial charge in [-0.2, -0.15) is 5.10 Å². The molecule has 23 heavy (non-hydrogen) atoms. The average molecular weight is 329 g/mol. The highest BCUT2D eigenvalue weighted by Crippen LogP contribution is 2.35. The van der Waals surface area contributed by atoms with Crippen LogP contribution in [0.4, 0.5) is 0 Å². The summed E-state index contributed by atoms with van der Waals surface area (Å²) in [6, 6.07) is 8.52. The van der Waals surface area contributed by atoms with Crippen LogP contribution < -0.4 is 5.32 Å². The summed E-state index contributed by atoms with van der Waals surface area (Å²) in [5, 5.41) is 7.63. The molecule has 122 valence electrons. The van der Waals surface area contributed by atoms with E-state index in [0.717, 1.165) is 30.0 Å². The van der Waals surface area contributed by atoms with Crippen LogP contribution in [0.25, 0.3) is 0 Å². The van der Waals surface area contributed by atoms with Crippen molar-refractivity contribution in [3.8, 4) is 0 Å². The smallest absolute Gasteiger partial charge is 0.220 e. The third-order valence-electron chi connectivity index (χ3n) is 4.55. The third kappa shape index (κ3) is 3.44. The van der Waals surface area contributed by atoms with Crippen LogP contribution in [0, 0.1) is 13.8 Å². The number of amides is 1. The molecule has 2 heterocycles. The molecular weight excluding hydrogens is 306 g/mol. The summed E-state index contributed by atoms with van der Waals surface area (Å²) < 4.78 is 1.89. The Morgan fingerprint density at radius 2 is 2.17 bits per heavy atom. The zero-order valence-corrected chi connectivity index (χ0v) is 14.7. The van der Waals surface area contributed by atoms with E-state index in [9.17, 15) is 4.79 Å². The van der Waals surface area contributed by atoms with Crippen LogP contribution in [0.15, 0.2) is 29.2 Å². The molecule has 0 saturated carbocycles. The van der Waals surface area contributed by atoms with Crippen LogP contribution >= 0.6 is 11.8 Å². The van der Waals surface area contributed by atoms with Crippen LogP contribution in [0.1, 0.15) is 41.4 Å². The Bertz CT molecular complexity index is 723. The highest BCUT2D eigenvalue weighted by molar-refractivity contribution is 7.99. The molecule has 1 N–H and O–H groups in total. The molecule has 4 nitrogen and oxygen atoms in total. The lowest BCUT2D eigenvalue weighted by molar-refractivity contribution is -0.121. The number of benzene rings is 1. The second-order valence-corrected chi connectivity index (χ2v) is 7.20. The van der Waals surface area contributed by atoms with Crippen LogP contribution in [0.5, 0.6) is 0 Å². The van der Waals surface area contributed by atoms with Gasteiger partial charge in [0.25, 0.3) is 0 Å². The molecule has 0 unspecified atom stereocenters. The summed E-state index contributed by atoms with van der Waals surface area (Å²) >= 11 is 1.87. The molecular formula is C18H23N3OS. The first-order valence-electron chi connectivity index (χ1n) is 8.06. The second-order valence-electron chi connectivity index (χ2n) is 6.07. The lowest BCUT2D eigenvalue weighted by Gasteiger charge is -2.25. The molecule has 1 aromatic heterocycles. The summed E-state index contributed by atoms with van der Waals surface area (Å²) in [7, 11) is 1.95. The van der Waals surface area contributed by atoms with Gasteiger partial charge in [-0.3, -0.25) is 9.48 Å². The highest BCUT2D eigenvalue weighted by atomic mass is 32.2. The summed E-state index contributed by atoms with van der Waals surface area (Å²) in [6.45, 7) is 4.07. The number of rotatable bonds is 4. The molecule has 1 aliphatic heterocycles. The van der Waals surface area contributed by atoms with Crippen LogP contribution in [0.2, 0.25) is 0 Å². The molecule has 1 aromatic carbocycles. The minimum Gasteiger partial charge on any atom is -0.349 e. The van der Waals surface area contributed by atoms with Crippen LogP contribution in [-0.2, 0) is 18.3 Å². The topological polar surface area (TPSA) is 46.9 Å². The molecule has 1 amide bonds. The van der Waals surface area contributed by atoms with Crippen molar-refractivity contribution in [2.75, 3.05) is 5.75 Å². The van der Waals surface area contributed by atoms with E-state index in [4.69, 9.17) is 0 Å². The summed E-state index contributed by atoms with van der Waals surface area (Å²) in [4.78, 5) is 13.7. The van der Waals surface area contributed by atoms with Gasteiger partial charge in [-0.25, -0.2) is 0 Å². The van der Waals surface area contributed by atoms with Gasteiger partial charge in [-0.05, 0) is 43.9 Å². The van der Waals surface area contributed by atoms with Crippen molar-refractivity contribution in [2.24, 2.45) is 7.05 Å². The number of aryl methyl sites for hydroxylation is 2. The normalized spacial score (nSPS) is 16.9. The van der Waals surface area contributed by atoms with Crippen LogP contribution in [-0.4, -0.2) is 21.4 Å². The molecule has 1 atom stereocenters. The van der Waals surface area contributed by atoms with E-state index in [1.54, 1.807) is 0 Å². The Kier molecular flexibility index (Phi) is 4.76. The predicted octanol–water partition coefficient (Wildman–Crippen LogP) is 3.32. The van der Waals surface area contributed by atoms with Gasteiger partial charge in [0.15, 0.2) is 0 Å². The molecule has 0 fully saturated rings. The molecule has 0 radical (unpaired) electrons. The summed E-state index contributed by atoms with van der Waals surface area (Å²) in [6.07, 6.45) is 2.26. The number of aromatic nitrogens is 2. The maximum atomic E-state index is 12.4. The van der Waals surface area contributed by atoms with E-state index in [-0.39, 0.29) is 11.9 Å². The summed E-state index contributed by atoms with van der Waals surface area (Å²) in [5.74, 6) is 1.18. The largest absolute Gasteiger partial charge is 0.349 e. The SMILES string of the molecule is Cc1nn(C)c(C)c1CCC(=O)N[C@H]1CCSc2ccccc21. The third-order valence-corrected chi connectivity index (χ3v) is 5.68. The quantitative estimate of drug-likeness (QED) is 0.936. The zero-order valence-electron chi connectivity index (χ0n) is 13.9. The molecule has 1 aliphatic rings. The number of hydrogen-bond acceptors (Lipinski definition) is 3. The first-order valence-corrected chi connectivity index (χ1v) is 9.05. The second kappa shape index (κ2) is 6.79. The van der Waals surface area contributed by atoms with Crippen molar-refractivity contribution in [1.29, 1.82) is 0 Å². The number of hydrogen-bond donors (Lipinski definition) is 1. The standard InChI is InChI=1S/C18H23N3OS/c1-12-14(13(2)21(3)20-12)8-9-18(22)19-16-10-11-23-17-7-5-4-6-15(16)17/h4-7,16H,8-11H2,1-3H3,(H,19,22)/t16-/m0/s1. The lowest BCUT2D eigenvalue weighted by atomic mass is 10.0. The summed E-state index contributed by atoms with van der Waals surface area (Å²) in [5.41, 5.74) is 4.63. The van der Waals surface area contributed by atoms with Crippen molar-refractivity contribution in [1.82, 2.24) is 15.1 Å². The number of nitrogens with zero attached hydrogens (tertiary/aromatic N) is 2. The van der Waals surface area contributed by atoms with Gasteiger partial charge in [0.2, 0.25) is 5.91 Å². The fraction of sp³-hybridized carbons (Fsp3) is 0.444. The minimum absolute atomic E-state index is 0.124. The first-order chi connectivity index (χ1) is 11.1. The van der Waals surface area contributed by atoms with Gasteiger partial charge >= 0.3 is 0 Å². The molecule has 2 aromatic rings. The van der Waals surface area contributed by atoms with Gasteiger partial charge in [0.1, 0.15) is 0 Å². The highest BCUT2D eigenvalue weighted by Gasteiger charge is 2.22. The molecule has 0 bridgehead atoms. The van der Waals surface area contributed by atoms with E-state index in [1.165, 1.54) is 16.0 Å². The minimum atomic E-state index is 0.124. The lowest BCUT2D eigenvalue weighted by Crippen LogP contribution is -2.30. The average Bonchev–Trinajstić information content (AvgIpc) is 2.78. The van der Waals surface area contributed by atoms with E-state index < -0.39 is 0 Å². The number of thioether (sulfide) groups is 1. The van der Waals surface area contributed by atoms with Gasteiger partial charge in [0, 0.05) is 29.8 Å². The first kappa shape index (κ1) is 16.1. The molecule has 0 aliphatic carbocycles. The van der Waals surface area contributed by atoms with Gasteiger partial charge in [-0.1, -0.05) is 18.2 Å². The van der Waals surface area contributed by atoms with Crippen molar-refractivity contribution < 1.29 is 4.79 Å². The fourth-order valence-corrected chi connectivity index (χ4v) is 4.30. The predicted molar refractivity (Wildman–Crippen MR) is 93.7 cm³/mol. The molecule has 0 spiro atoms. The van der Waals surface area contributed by atoms with Crippen molar-refractivity contribution in [3.63, 3.8) is 0 Å². The van der Waals surface area contributed by atoms with E-state index in [2.05, 4.69) is 35.5 Å². The Labute approximate surface area is 141 Å². The maximum absolute atomic E-state index is 12.4. The molecule has 0 saturated heterocycles. The fourth-order valence-electron chi connectivity index (χ4n) is 3.18. The van der Waals surface area contributed by atoms with Crippen molar-refractivity contribution >= 4 is 17.7 Å². The zero-order chi connectivity index (χ0) is 16.4. The Morgan fingerprint density at radius 1 is 1.39 bits per heavy atom. The monoisotopic (exact) mass is 329 g/mol. The van der Waals surface area contributed by atoms with Gasteiger partial charge < -0.3 is 5.32 Å². The van der Waals surface area contributed by atoms with Crippen LogP contribution in [0.3, 0.4) is 0 Å². The van der Waals surface area contributed by atoms with Gasteiger partial charge in [-0.15, -0.1) is 11.8 Å². The number of carbonyl (C=O) groups excluding carboxylic acids is 1. The van der Waals surface area contributed by atoms with E-state index in [1.807, 2.05) is 36.5 Å². The molecule has 5 heteroatoms. The molecule has 3 rings (SSSR count). The maximum Gasteiger partial charge on any atom is 0.220 e. The van der Waals surface area contributed by atoms with E-state index in [0.29, 0.717) is 6.42 Å².